The number of nitrogens with one attached hydrogen (secondary N) is 2. The zero-order valence-electron chi connectivity index (χ0n) is 15.3. The Hall–Kier alpha value is -1.90. The SMILES string of the molecule is CCC(CNC(=NC)NCc1ncccc1C)Oc1ccccc1F.I. The quantitative estimate of drug-likeness (QED) is 0.367. The normalized spacial score (nSPS) is 12.1. The van der Waals surface area contributed by atoms with E-state index >= 15 is 0 Å². The summed E-state index contributed by atoms with van der Waals surface area (Å²) in [6, 6.07) is 10.4. The van der Waals surface area contributed by atoms with Gasteiger partial charge >= 0.3 is 0 Å². The number of hydrogen-bond acceptors (Lipinski definition) is 3. The Bertz CT molecular complexity index is 711. The summed E-state index contributed by atoms with van der Waals surface area (Å²) in [7, 11) is 1.71. The van der Waals surface area contributed by atoms with Crippen LogP contribution in [-0.4, -0.2) is 30.6 Å². The third-order valence-corrected chi connectivity index (χ3v) is 3.85. The molecular formula is C19H26FIN4O. The second kappa shape index (κ2) is 11.7. The third kappa shape index (κ3) is 6.78. The maximum absolute atomic E-state index is 13.7. The topological polar surface area (TPSA) is 58.5 Å². The van der Waals surface area contributed by atoms with E-state index in [1.165, 1.54) is 6.07 Å². The molecule has 0 saturated heterocycles. The van der Waals surface area contributed by atoms with E-state index in [0.717, 1.165) is 17.7 Å². The summed E-state index contributed by atoms with van der Waals surface area (Å²) in [5, 5.41) is 6.44. The van der Waals surface area contributed by atoms with Crippen molar-refractivity contribution in [3.05, 3.63) is 59.7 Å². The lowest BCUT2D eigenvalue weighted by molar-refractivity contribution is 0.191. The highest BCUT2D eigenvalue weighted by Gasteiger charge is 2.12. The molecule has 2 aromatic rings. The van der Waals surface area contributed by atoms with E-state index in [9.17, 15) is 4.39 Å². The van der Waals surface area contributed by atoms with Crippen LogP contribution in [0.3, 0.4) is 0 Å². The minimum atomic E-state index is -0.353. The Balaban J connectivity index is 0.00000338. The number of nitrogens with zero attached hydrogens (tertiary/aromatic N) is 2. The molecule has 0 spiro atoms. The minimum Gasteiger partial charge on any atom is -0.486 e. The van der Waals surface area contributed by atoms with Crippen LogP contribution in [0.5, 0.6) is 5.75 Å². The molecule has 0 amide bonds. The summed E-state index contributed by atoms with van der Waals surface area (Å²) in [5.41, 5.74) is 2.10. The predicted molar refractivity (Wildman–Crippen MR) is 114 cm³/mol. The lowest BCUT2D eigenvalue weighted by Crippen LogP contribution is -2.42. The van der Waals surface area contributed by atoms with E-state index < -0.39 is 0 Å². The average molecular weight is 472 g/mol. The van der Waals surface area contributed by atoms with Gasteiger partial charge in [0.25, 0.3) is 0 Å². The smallest absolute Gasteiger partial charge is 0.191 e. The highest BCUT2D eigenvalue weighted by Crippen LogP contribution is 2.17. The first-order valence-corrected chi connectivity index (χ1v) is 8.40. The number of rotatable bonds is 7. The molecule has 5 nitrogen and oxygen atoms in total. The van der Waals surface area contributed by atoms with Crippen LogP contribution in [0.2, 0.25) is 0 Å². The van der Waals surface area contributed by atoms with Crippen molar-refractivity contribution in [3.63, 3.8) is 0 Å². The highest BCUT2D eigenvalue weighted by molar-refractivity contribution is 14.0. The molecule has 1 aromatic carbocycles. The van der Waals surface area contributed by atoms with Gasteiger partial charge in [-0.1, -0.05) is 25.1 Å². The molecule has 0 aliphatic heterocycles. The number of halogens is 2. The van der Waals surface area contributed by atoms with Crippen LogP contribution in [0.1, 0.15) is 24.6 Å². The van der Waals surface area contributed by atoms with E-state index in [4.69, 9.17) is 4.74 Å². The van der Waals surface area contributed by atoms with Gasteiger partial charge in [0, 0.05) is 13.2 Å². The highest BCUT2D eigenvalue weighted by atomic mass is 127. The zero-order valence-corrected chi connectivity index (χ0v) is 17.7. The Labute approximate surface area is 171 Å². The van der Waals surface area contributed by atoms with Crippen molar-refractivity contribution in [2.75, 3.05) is 13.6 Å². The van der Waals surface area contributed by atoms with Crippen molar-refractivity contribution in [1.29, 1.82) is 0 Å². The molecule has 0 aliphatic rings. The maximum Gasteiger partial charge on any atom is 0.191 e. The van der Waals surface area contributed by atoms with Gasteiger partial charge in [0.1, 0.15) is 6.10 Å². The third-order valence-electron chi connectivity index (χ3n) is 3.85. The van der Waals surface area contributed by atoms with Crippen LogP contribution in [0.4, 0.5) is 4.39 Å². The summed E-state index contributed by atoms with van der Waals surface area (Å²) in [6.07, 6.45) is 2.36. The van der Waals surface area contributed by atoms with Crippen LogP contribution in [0.15, 0.2) is 47.6 Å². The number of aliphatic imine (C=N–C) groups is 1. The Kier molecular flexibility index (Phi) is 9.93. The van der Waals surface area contributed by atoms with Crippen LogP contribution in [0.25, 0.3) is 0 Å². The van der Waals surface area contributed by atoms with Crippen LogP contribution in [0, 0.1) is 12.7 Å². The fourth-order valence-electron chi connectivity index (χ4n) is 2.29. The molecule has 0 saturated carbocycles. The van der Waals surface area contributed by atoms with Gasteiger partial charge in [0.15, 0.2) is 17.5 Å². The summed E-state index contributed by atoms with van der Waals surface area (Å²) in [5.74, 6) is 0.568. The van der Waals surface area contributed by atoms with Gasteiger partial charge < -0.3 is 15.4 Å². The number of para-hydroxylation sites is 1. The van der Waals surface area contributed by atoms with Crippen molar-refractivity contribution in [3.8, 4) is 5.75 Å². The number of aryl methyl sites for hydroxylation is 1. The molecular weight excluding hydrogens is 446 g/mol. The first-order valence-electron chi connectivity index (χ1n) is 8.40. The number of benzene rings is 1. The molecule has 1 atom stereocenters. The summed E-state index contributed by atoms with van der Waals surface area (Å²) < 4.78 is 19.4. The molecule has 142 valence electrons. The van der Waals surface area contributed by atoms with Gasteiger partial charge in [0.05, 0.1) is 18.8 Å². The number of ether oxygens (including phenoxy) is 1. The van der Waals surface area contributed by atoms with Crippen molar-refractivity contribution in [2.24, 2.45) is 4.99 Å². The van der Waals surface area contributed by atoms with Gasteiger partial charge in [-0.15, -0.1) is 24.0 Å². The fourth-order valence-corrected chi connectivity index (χ4v) is 2.29. The lowest BCUT2D eigenvalue weighted by Gasteiger charge is -2.20. The standard InChI is InChI=1S/C19H25FN4O.HI/c1-4-15(25-18-10-6-5-9-16(18)20)12-23-19(21-3)24-13-17-14(2)8-7-11-22-17;/h5-11,15H,4,12-13H2,1-3H3,(H2,21,23,24);1H. The lowest BCUT2D eigenvalue weighted by atomic mass is 10.2. The summed E-state index contributed by atoms with van der Waals surface area (Å²) in [4.78, 5) is 8.55. The van der Waals surface area contributed by atoms with E-state index in [-0.39, 0.29) is 41.6 Å². The van der Waals surface area contributed by atoms with Crippen molar-refractivity contribution >= 4 is 29.9 Å². The second-order valence-corrected chi connectivity index (χ2v) is 5.65. The van der Waals surface area contributed by atoms with E-state index in [1.807, 2.05) is 26.0 Å². The Morgan fingerprint density at radius 1 is 1.23 bits per heavy atom. The predicted octanol–water partition coefficient (Wildman–Crippen LogP) is 3.67. The molecule has 0 fully saturated rings. The summed E-state index contributed by atoms with van der Waals surface area (Å²) >= 11 is 0. The zero-order chi connectivity index (χ0) is 18.1. The Morgan fingerprint density at radius 2 is 2.00 bits per heavy atom. The molecule has 26 heavy (non-hydrogen) atoms. The molecule has 0 bridgehead atoms. The molecule has 2 rings (SSSR count). The molecule has 1 unspecified atom stereocenters. The first kappa shape index (κ1) is 22.1. The largest absolute Gasteiger partial charge is 0.486 e. The molecule has 0 aliphatic carbocycles. The first-order chi connectivity index (χ1) is 12.1. The number of aromatic nitrogens is 1. The summed E-state index contributed by atoms with van der Waals surface area (Å²) in [6.45, 7) is 5.12. The van der Waals surface area contributed by atoms with E-state index in [2.05, 4.69) is 20.6 Å². The molecule has 7 heteroatoms. The van der Waals surface area contributed by atoms with Gasteiger partial charge in [-0.2, -0.15) is 0 Å². The molecule has 0 radical (unpaired) electrons. The Morgan fingerprint density at radius 3 is 2.65 bits per heavy atom. The monoisotopic (exact) mass is 472 g/mol. The number of pyridine rings is 1. The van der Waals surface area contributed by atoms with Crippen molar-refractivity contribution in [2.45, 2.75) is 32.9 Å². The number of hydrogen-bond donors (Lipinski definition) is 2. The van der Waals surface area contributed by atoms with Crippen LogP contribution in [-0.2, 0) is 6.54 Å². The minimum absolute atomic E-state index is 0. The van der Waals surface area contributed by atoms with E-state index in [0.29, 0.717) is 19.0 Å². The van der Waals surface area contributed by atoms with Gasteiger partial charge in [-0.25, -0.2) is 4.39 Å². The van der Waals surface area contributed by atoms with E-state index in [1.54, 1.807) is 31.4 Å². The fraction of sp³-hybridized carbons (Fsp3) is 0.368. The average Bonchev–Trinajstić information content (AvgIpc) is 2.63. The maximum atomic E-state index is 13.7. The molecule has 2 N–H and O–H groups in total. The molecule has 1 aromatic heterocycles. The van der Waals surface area contributed by atoms with Crippen LogP contribution < -0.4 is 15.4 Å². The van der Waals surface area contributed by atoms with Crippen molar-refractivity contribution in [1.82, 2.24) is 15.6 Å². The van der Waals surface area contributed by atoms with Gasteiger partial charge in [-0.3, -0.25) is 9.98 Å². The number of guanidine groups is 1. The second-order valence-electron chi connectivity index (χ2n) is 5.65. The van der Waals surface area contributed by atoms with Gasteiger partial charge in [0.2, 0.25) is 0 Å². The molecule has 1 heterocycles. The van der Waals surface area contributed by atoms with Crippen molar-refractivity contribution < 1.29 is 9.13 Å². The van der Waals surface area contributed by atoms with Gasteiger partial charge in [-0.05, 0) is 37.1 Å². The van der Waals surface area contributed by atoms with Crippen LogP contribution >= 0.6 is 24.0 Å².